The van der Waals surface area contributed by atoms with E-state index < -0.39 is 15.7 Å². The van der Waals surface area contributed by atoms with Crippen LogP contribution in [0.4, 0.5) is 0 Å². The highest BCUT2D eigenvalue weighted by atomic mass is 32.2. The molecule has 3 aromatic rings. The number of H-pyrrole nitrogens is 1. The zero-order chi connectivity index (χ0) is 19.9. The van der Waals surface area contributed by atoms with Gasteiger partial charge in [-0.15, -0.1) is 0 Å². The van der Waals surface area contributed by atoms with Crippen molar-refractivity contribution in [2.45, 2.75) is 18.8 Å². The van der Waals surface area contributed by atoms with Gasteiger partial charge in [-0.25, -0.2) is 8.42 Å². The summed E-state index contributed by atoms with van der Waals surface area (Å²) < 4.78 is 23.6. The zero-order valence-corrected chi connectivity index (χ0v) is 15.9. The molecule has 2 aromatic carbocycles. The Balaban J connectivity index is 1.90. The van der Waals surface area contributed by atoms with Gasteiger partial charge >= 0.3 is 0 Å². The fourth-order valence-corrected chi connectivity index (χ4v) is 5.47. The van der Waals surface area contributed by atoms with E-state index in [1.807, 2.05) is 24.4 Å². The van der Waals surface area contributed by atoms with E-state index in [0.717, 1.165) is 22.1 Å². The maximum atomic E-state index is 12.1. The van der Waals surface area contributed by atoms with Gasteiger partial charge in [-0.2, -0.15) is 5.26 Å². The molecule has 142 valence electrons. The highest BCUT2D eigenvalue weighted by molar-refractivity contribution is 7.91. The molecular formula is C21H19N3O3S. The van der Waals surface area contributed by atoms with Gasteiger partial charge in [0.15, 0.2) is 0 Å². The summed E-state index contributed by atoms with van der Waals surface area (Å²) in [5.41, 5.74) is 9.59. The third-order valence-corrected chi connectivity index (χ3v) is 7.16. The van der Waals surface area contributed by atoms with Gasteiger partial charge in [0.1, 0.15) is 9.84 Å². The van der Waals surface area contributed by atoms with Crippen LogP contribution in [0.25, 0.3) is 22.0 Å². The molecule has 0 unspecified atom stereocenters. The lowest BCUT2D eigenvalue weighted by Gasteiger charge is -2.21. The van der Waals surface area contributed by atoms with Gasteiger partial charge in [0.25, 0.3) is 5.91 Å². The largest absolute Gasteiger partial charge is 0.366 e. The summed E-state index contributed by atoms with van der Waals surface area (Å²) in [5, 5.41) is 10.3. The van der Waals surface area contributed by atoms with Crippen LogP contribution in [0.1, 0.15) is 40.2 Å². The molecular weight excluding hydrogens is 374 g/mol. The van der Waals surface area contributed by atoms with Gasteiger partial charge in [-0.05, 0) is 53.6 Å². The Labute approximate surface area is 162 Å². The molecule has 0 aliphatic carbocycles. The molecule has 1 amide bonds. The number of nitrogens with one attached hydrogen (secondary N) is 1. The molecule has 1 fully saturated rings. The molecule has 0 spiro atoms. The van der Waals surface area contributed by atoms with E-state index in [0.29, 0.717) is 29.5 Å². The number of carbonyl (C=O) groups excluding carboxylic acids is 1. The Morgan fingerprint density at radius 1 is 1.18 bits per heavy atom. The molecule has 4 rings (SSSR count). The van der Waals surface area contributed by atoms with Crippen LogP contribution in [0, 0.1) is 11.3 Å². The van der Waals surface area contributed by atoms with Gasteiger partial charge in [0.05, 0.1) is 34.2 Å². The quantitative estimate of drug-likeness (QED) is 0.711. The number of hydrogen-bond donors (Lipinski definition) is 2. The summed E-state index contributed by atoms with van der Waals surface area (Å²) in [6, 6.07) is 13.0. The first-order valence-electron chi connectivity index (χ1n) is 9.04. The minimum atomic E-state index is -2.96. The average Bonchev–Trinajstić information content (AvgIpc) is 3.11. The Morgan fingerprint density at radius 3 is 2.57 bits per heavy atom. The minimum Gasteiger partial charge on any atom is -0.366 e. The van der Waals surface area contributed by atoms with E-state index >= 15 is 0 Å². The first-order chi connectivity index (χ1) is 13.4. The van der Waals surface area contributed by atoms with Crippen molar-refractivity contribution in [3.05, 3.63) is 59.3 Å². The van der Waals surface area contributed by atoms with E-state index in [-0.39, 0.29) is 17.4 Å². The van der Waals surface area contributed by atoms with E-state index in [1.54, 1.807) is 18.2 Å². The van der Waals surface area contributed by atoms with Crippen LogP contribution in [-0.2, 0) is 9.84 Å². The number of primary amides is 1. The standard InChI is InChI=1S/C21H19N3O3S/c22-11-14-3-1-2-4-16(14)15-9-17-19(13-5-7-28(26,27)8-6-13)12-24-20(17)18(10-15)21(23)25/h1-4,9-10,12-13,24H,5-8H2,(H2,23,25). The van der Waals surface area contributed by atoms with Crippen LogP contribution in [-0.4, -0.2) is 30.8 Å². The molecule has 1 aliphatic rings. The number of nitrogens with two attached hydrogens (primary N) is 1. The minimum absolute atomic E-state index is 0.0967. The van der Waals surface area contributed by atoms with E-state index in [2.05, 4.69) is 11.1 Å². The molecule has 0 saturated carbocycles. The van der Waals surface area contributed by atoms with Crippen LogP contribution < -0.4 is 5.73 Å². The second-order valence-corrected chi connectivity index (χ2v) is 9.44. The summed E-state index contributed by atoms with van der Waals surface area (Å²) in [5.74, 6) is -0.117. The lowest BCUT2D eigenvalue weighted by Crippen LogP contribution is -2.22. The van der Waals surface area contributed by atoms with Crippen LogP contribution >= 0.6 is 0 Å². The van der Waals surface area contributed by atoms with Crippen molar-refractivity contribution in [3.63, 3.8) is 0 Å². The fraction of sp³-hybridized carbons (Fsp3) is 0.238. The maximum absolute atomic E-state index is 12.1. The average molecular weight is 393 g/mol. The van der Waals surface area contributed by atoms with Gasteiger partial charge in [-0.1, -0.05) is 18.2 Å². The Bertz CT molecular complexity index is 1220. The smallest absolute Gasteiger partial charge is 0.250 e. The second-order valence-electron chi connectivity index (χ2n) is 7.14. The first-order valence-corrected chi connectivity index (χ1v) is 10.9. The van der Waals surface area contributed by atoms with Gasteiger partial charge in [0, 0.05) is 11.6 Å². The highest BCUT2D eigenvalue weighted by Gasteiger charge is 2.27. The number of aromatic amines is 1. The van der Waals surface area contributed by atoms with Crippen molar-refractivity contribution in [3.8, 4) is 17.2 Å². The predicted molar refractivity (Wildman–Crippen MR) is 108 cm³/mol. The number of aromatic nitrogens is 1. The van der Waals surface area contributed by atoms with Crippen molar-refractivity contribution in [1.82, 2.24) is 4.98 Å². The van der Waals surface area contributed by atoms with Crippen LogP contribution in [0.15, 0.2) is 42.6 Å². The Hall–Kier alpha value is -3.11. The number of nitrogens with zero attached hydrogens (tertiary/aromatic N) is 1. The van der Waals surface area contributed by atoms with E-state index in [4.69, 9.17) is 5.73 Å². The third-order valence-electron chi connectivity index (χ3n) is 5.44. The molecule has 1 aromatic heterocycles. The summed E-state index contributed by atoms with van der Waals surface area (Å²) in [4.78, 5) is 15.2. The number of sulfone groups is 1. The molecule has 6 nitrogen and oxygen atoms in total. The molecule has 3 N–H and O–H groups in total. The highest BCUT2D eigenvalue weighted by Crippen LogP contribution is 2.37. The summed E-state index contributed by atoms with van der Waals surface area (Å²) in [6.07, 6.45) is 2.96. The normalized spacial score (nSPS) is 16.7. The van der Waals surface area contributed by atoms with Crippen LogP contribution in [0.2, 0.25) is 0 Å². The predicted octanol–water partition coefficient (Wildman–Crippen LogP) is 3.10. The molecule has 0 atom stereocenters. The van der Waals surface area contributed by atoms with Crippen LogP contribution in [0.5, 0.6) is 0 Å². The summed E-state index contributed by atoms with van der Waals surface area (Å²) >= 11 is 0. The topological polar surface area (TPSA) is 117 Å². The summed E-state index contributed by atoms with van der Waals surface area (Å²) in [7, 11) is -2.96. The molecule has 0 bridgehead atoms. The molecule has 7 heteroatoms. The first kappa shape index (κ1) is 18.3. The summed E-state index contributed by atoms with van der Waals surface area (Å²) in [6.45, 7) is 0. The maximum Gasteiger partial charge on any atom is 0.250 e. The lowest BCUT2D eigenvalue weighted by molar-refractivity contribution is 0.100. The van der Waals surface area contributed by atoms with Crippen LogP contribution in [0.3, 0.4) is 0 Å². The van der Waals surface area contributed by atoms with E-state index in [9.17, 15) is 18.5 Å². The third kappa shape index (κ3) is 3.16. The van der Waals surface area contributed by atoms with Crippen molar-refractivity contribution in [2.24, 2.45) is 5.73 Å². The molecule has 2 heterocycles. The van der Waals surface area contributed by atoms with Gasteiger partial charge in [-0.3, -0.25) is 4.79 Å². The Kier molecular flexibility index (Phi) is 4.44. The molecule has 1 aliphatic heterocycles. The molecule has 1 saturated heterocycles. The lowest BCUT2D eigenvalue weighted by atomic mass is 9.90. The number of hydrogen-bond acceptors (Lipinski definition) is 4. The number of amides is 1. The van der Waals surface area contributed by atoms with E-state index in [1.165, 1.54) is 0 Å². The van der Waals surface area contributed by atoms with Crippen molar-refractivity contribution >= 4 is 26.6 Å². The number of carbonyl (C=O) groups is 1. The molecule has 0 radical (unpaired) electrons. The number of benzene rings is 2. The number of fused-ring (bicyclic) bond motifs is 1. The zero-order valence-electron chi connectivity index (χ0n) is 15.1. The van der Waals surface area contributed by atoms with Crippen molar-refractivity contribution in [2.75, 3.05) is 11.5 Å². The van der Waals surface area contributed by atoms with Crippen molar-refractivity contribution < 1.29 is 13.2 Å². The Morgan fingerprint density at radius 2 is 1.89 bits per heavy atom. The SMILES string of the molecule is N#Cc1ccccc1-c1cc(C(N)=O)c2[nH]cc(C3CCS(=O)(=O)CC3)c2c1. The van der Waals surface area contributed by atoms with Gasteiger partial charge in [0.2, 0.25) is 0 Å². The molecule has 28 heavy (non-hydrogen) atoms. The fourth-order valence-electron chi connectivity index (χ4n) is 3.97. The number of nitriles is 1. The monoisotopic (exact) mass is 393 g/mol. The number of rotatable bonds is 3. The van der Waals surface area contributed by atoms with Gasteiger partial charge < -0.3 is 10.7 Å². The van der Waals surface area contributed by atoms with Crippen molar-refractivity contribution in [1.29, 1.82) is 5.26 Å². The second kappa shape index (κ2) is 6.80.